The number of hydrogen-bond donors (Lipinski definition) is 3. The van der Waals surface area contributed by atoms with E-state index in [4.69, 9.17) is 23.0 Å². The van der Waals surface area contributed by atoms with Crippen molar-refractivity contribution < 1.29 is 70.7 Å². The number of ketones is 2. The van der Waals surface area contributed by atoms with Crippen molar-refractivity contribution >= 4 is 56.7 Å². The molecule has 5 saturated carbocycles. The van der Waals surface area contributed by atoms with E-state index in [1.54, 1.807) is 29.9 Å². The molecule has 89 heavy (non-hydrogen) atoms. The standard InChI is InChI=1S/C65H73F3N6O15/c1-32-20-44-43-13-8-35-21-38(75)14-15-62(35,4)64(43,68)49(76)24-63(44,5)65(32,84)50(77)31-87-60(82)42-28-74(37-11-12-37)52-40(56(42)79)23-46(67)54(58(52)86-7)72-19-17-70(34(3)26-72)30-48-47(88-61(83)89-48)29-69-16-18-71(25-33(69)2)53-45(66)22-39-51(57(53)85-6)73(36-9-10-36)27-41(55(39)78)59(80)81/h14-15,21-23,27-28,32-34,36-37,43-44,49,76,84H,8-13,16-20,24-26,29-31H2,1-7H3,(H,80,81)/t32-,33?,34?,43+,44+,49+,62+,63+,64+,65+/m1/s1. The first-order chi connectivity index (χ1) is 42.3. The van der Waals surface area contributed by atoms with Crippen molar-refractivity contribution in [1.82, 2.24) is 18.9 Å². The number of alkyl halides is 1. The summed E-state index contributed by atoms with van der Waals surface area (Å²) in [6.45, 7) is 10.3. The number of carboxylic acid groups (broad SMARTS) is 1. The molecule has 2 saturated heterocycles. The Hall–Kier alpha value is -7.54. The Kier molecular flexibility index (Phi) is 14.6. The Morgan fingerprint density at radius 3 is 1.75 bits per heavy atom. The predicted molar refractivity (Wildman–Crippen MR) is 317 cm³/mol. The van der Waals surface area contributed by atoms with E-state index in [1.807, 2.05) is 23.6 Å². The highest BCUT2D eigenvalue weighted by Gasteiger charge is 2.75. The highest BCUT2D eigenvalue weighted by atomic mass is 19.1. The van der Waals surface area contributed by atoms with E-state index in [0.29, 0.717) is 68.1 Å². The lowest BCUT2D eigenvalue weighted by atomic mass is 9.44. The van der Waals surface area contributed by atoms with Gasteiger partial charge in [0.1, 0.15) is 28.1 Å². The maximum Gasteiger partial charge on any atom is 0.519 e. The third-order valence-corrected chi connectivity index (χ3v) is 21.7. The molecule has 8 aliphatic rings. The maximum atomic E-state index is 17.8. The van der Waals surface area contributed by atoms with Crippen molar-refractivity contribution in [2.75, 3.05) is 69.9 Å². The van der Waals surface area contributed by atoms with Gasteiger partial charge in [0.05, 0.1) is 55.2 Å². The zero-order valence-electron chi connectivity index (χ0n) is 50.7. The van der Waals surface area contributed by atoms with Gasteiger partial charge in [-0.1, -0.05) is 25.5 Å². The van der Waals surface area contributed by atoms with Crippen LogP contribution in [-0.4, -0.2) is 147 Å². The van der Waals surface area contributed by atoms with Crippen LogP contribution in [0, 0.1) is 40.2 Å². The molecule has 6 aliphatic carbocycles. The number of hydrogen-bond acceptors (Lipinski definition) is 18. The summed E-state index contributed by atoms with van der Waals surface area (Å²) in [6.07, 6.45) is 8.86. The van der Waals surface area contributed by atoms with Gasteiger partial charge in [0, 0.05) is 92.6 Å². The molecule has 0 radical (unpaired) electrons. The van der Waals surface area contributed by atoms with Crippen LogP contribution >= 0.6 is 0 Å². The summed E-state index contributed by atoms with van der Waals surface area (Å²) < 4.78 is 83.1. The van der Waals surface area contributed by atoms with Gasteiger partial charge < -0.3 is 57.3 Å². The van der Waals surface area contributed by atoms with Gasteiger partial charge in [-0.05, 0) is 108 Å². The monoisotopic (exact) mass is 1230 g/mol. The molecule has 0 spiro atoms. The number of carbonyl (C=O) groups is 4. The number of carboxylic acids is 1. The Balaban J connectivity index is 0.690. The van der Waals surface area contributed by atoms with Crippen LogP contribution in [0.3, 0.4) is 0 Å². The molecule has 3 N–H and O–H groups in total. The van der Waals surface area contributed by atoms with Gasteiger partial charge in [-0.15, -0.1) is 0 Å². The molecule has 474 valence electrons. The number of nitrogens with zero attached hydrogens (tertiary/aromatic N) is 6. The molecule has 0 bridgehead atoms. The van der Waals surface area contributed by atoms with E-state index in [0.717, 1.165) is 25.0 Å². The second-order valence-electron chi connectivity index (χ2n) is 26.6. The SMILES string of the molecule is COc1c(N2CCN(Cc3oc(=O)oc3CN3CCN(c4c(F)cc5c(=O)c(C(=O)OCC(=O)[C@@]6(O)[C@H](C)C[C@H]7[C@@H]8CCC9=CC(=O)C=C[C@]9(C)[C@@]8(F)[C@@H](O)C[C@@]76C)cn(C6CC6)c5c4OC)CC3C)C(C)C2)c(F)cc2c(=O)c(C(=O)O)cn(C3CC3)c12. The number of piperazine rings is 2. The Labute approximate surface area is 508 Å². The second-order valence-corrected chi connectivity index (χ2v) is 26.6. The Morgan fingerprint density at radius 1 is 0.742 bits per heavy atom. The number of anilines is 2. The van der Waals surface area contributed by atoms with Crippen LogP contribution in [0.5, 0.6) is 11.5 Å². The quantitative estimate of drug-likeness (QED) is 0.0890. The van der Waals surface area contributed by atoms with E-state index in [1.165, 1.54) is 44.8 Å². The van der Waals surface area contributed by atoms with E-state index in [-0.39, 0.29) is 115 Å². The highest BCUT2D eigenvalue weighted by Crippen LogP contribution is 2.71. The lowest BCUT2D eigenvalue weighted by molar-refractivity contribution is -0.219. The topological polar surface area (TPSA) is 257 Å². The number of Topliss-reactive ketones (excluding diaryl/α,β-unsaturated/α-hetero) is 1. The summed E-state index contributed by atoms with van der Waals surface area (Å²) in [7, 11) is 2.77. The van der Waals surface area contributed by atoms with E-state index in [9.17, 15) is 48.9 Å². The average Bonchev–Trinajstić information content (AvgIpc) is 1.64. The normalized spacial score (nSPS) is 30.5. The number of ether oxygens (including phenoxy) is 3. The van der Waals surface area contributed by atoms with Crippen molar-refractivity contribution in [3.8, 4) is 11.5 Å². The second kappa shape index (κ2) is 21.6. The van der Waals surface area contributed by atoms with Gasteiger partial charge in [0.2, 0.25) is 16.6 Å². The van der Waals surface area contributed by atoms with Crippen molar-refractivity contribution in [1.29, 1.82) is 0 Å². The molecule has 21 nitrogen and oxygen atoms in total. The minimum absolute atomic E-state index is 0.0644. The number of aromatic nitrogens is 2. The van der Waals surface area contributed by atoms with E-state index >= 15 is 13.2 Å². The van der Waals surface area contributed by atoms with Crippen LogP contribution in [0.15, 0.2) is 71.5 Å². The molecule has 2 unspecified atom stereocenters. The molecule has 5 aromatic rings. The van der Waals surface area contributed by atoms with Gasteiger partial charge >= 0.3 is 17.8 Å². The summed E-state index contributed by atoms with van der Waals surface area (Å²) in [5, 5.41) is 34.0. The third-order valence-electron chi connectivity index (χ3n) is 21.7. The number of aliphatic hydroxyl groups is 2. The first-order valence-electron chi connectivity index (χ1n) is 30.7. The fraction of sp³-hybridized carbons (Fsp3) is 0.554. The Morgan fingerprint density at radius 2 is 1.26 bits per heavy atom. The number of methoxy groups -OCH3 is 2. The maximum absolute atomic E-state index is 17.8. The number of fused-ring (bicyclic) bond motifs is 7. The lowest BCUT2D eigenvalue weighted by Crippen LogP contribution is -2.69. The van der Waals surface area contributed by atoms with Crippen LogP contribution in [0.4, 0.5) is 24.5 Å². The average molecular weight is 1240 g/mol. The first-order valence-corrected chi connectivity index (χ1v) is 30.7. The number of esters is 1. The van der Waals surface area contributed by atoms with Crippen LogP contribution < -0.4 is 36.0 Å². The summed E-state index contributed by atoms with van der Waals surface area (Å²) in [5.74, 6) is -7.32. The molecule has 7 fully saturated rings. The molecule has 0 amide bonds. The molecule has 10 atom stereocenters. The minimum atomic E-state index is -2.19. The lowest BCUT2D eigenvalue weighted by Gasteiger charge is -2.62. The van der Waals surface area contributed by atoms with Crippen LogP contribution in [0.2, 0.25) is 0 Å². The number of allylic oxidation sites excluding steroid dienone is 4. The number of halogens is 3. The number of carbonyl (C=O) groups excluding carboxylic acids is 3. The van der Waals surface area contributed by atoms with Crippen molar-refractivity contribution in [2.45, 2.75) is 141 Å². The third kappa shape index (κ3) is 9.25. The number of aromatic carboxylic acids is 1. The largest absolute Gasteiger partial charge is 0.519 e. The van der Waals surface area contributed by atoms with Crippen LogP contribution in [0.25, 0.3) is 21.8 Å². The smallest absolute Gasteiger partial charge is 0.492 e. The summed E-state index contributed by atoms with van der Waals surface area (Å²) in [4.78, 5) is 101. The zero-order chi connectivity index (χ0) is 63.3. The predicted octanol–water partition coefficient (Wildman–Crippen LogP) is 7.02. The molecule has 2 aliphatic heterocycles. The van der Waals surface area contributed by atoms with E-state index < -0.39 is 110 Å². The highest BCUT2D eigenvalue weighted by molar-refractivity contribution is 6.02. The first kappa shape index (κ1) is 60.4. The fourth-order valence-electron chi connectivity index (χ4n) is 16.7. The molecule has 3 aromatic heterocycles. The number of pyridine rings is 2. The van der Waals surface area contributed by atoms with Crippen molar-refractivity contribution in [3.05, 3.63) is 114 Å². The number of aliphatic hydroxyl groups excluding tert-OH is 1. The van der Waals surface area contributed by atoms with Crippen molar-refractivity contribution in [2.24, 2.45) is 28.6 Å². The molecule has 13 rings (SSSR count). The van der Waals surface area contributed by atoms with Crippen LogP contribution in [-0.2, 0) is 27.4 Å². The van der Waals surface area contributed by atoms with Gasteiger partial charge in [-0.25, -0.2) is 27.6 Å². The summed E-state index contributed by atoms with van der Waals surface area (Å²) >= 11 is 0. The fourth-order valence-corrected chi connectivity index (χ4v) is 16.7. The van der Waals surface area contributed by atoms with Gasteiger partial charge in [-0.2, -0.15) is 0 Å². The molecule has 5 heterocycles. The van der Waals surface area contributed by atoms with Gasteiger partial charge in [0.25, 0.3) is 0 Å². The zero-order valence-corrected chi connectivity index (χ0v) is 50.7. The van der Waals surface area contributed by atoms with Gasteiger partial charge in [-0.3, -0.25) is 29.0 Å². The molecular weight excluding hydrogens is 1160 g/mol. The minimum Gasteiger partial charge on any atom is -0.492 e. The summed E-state index contributed by atoms with van der Waals surface area (Å²) in [6, 6.07) is 1.41. The number of rotatable bonds is 15. The summed E-state index contributed by atoms with van der Waals surface area (Å²) in [5.41, 5.74) is -8.09. The van der Waals surface area contributed by atoms with E-state index in [2.05, 4.69) is 9.80 Å². The van der Waals surface area contributed by atoms with Crippen LogP contribution in [0.1, 0.15) is 130 Å². The van der Waals surface area contributed by atoms with Gasteiger partial charge in [0.15, 0.2) is 52.7 Å². The number of benzene rings is 2. The molecular formula is C65H73F3N6O15. The van der Waals surface area contributed by atoms with Crippen molar-refractivity contribution in [3.63, 3.8) is 0 Å². The molecule has 24 heteroatoms. The Bertz CT molecular complexity index is 4090. The molecule has 2 aromatic carbocycles.